The zero-order chi connectivity index (χ0) is 14.9. The summed E-state index contributed by atoms with van der Waals surface area (Å²) in [5.74, 6) is 0.188. The third kappa shape index (κ3) is 3.13. The van der Waals surface area contributed by atoms with Crippen LogP contribution in [0.5, 0.6) is 0 Å². The van der Waals surface area contributed by atoms with E-state index in [1.165, 1.54) is 25.2 Å². The molecule has 1 aliphatic rings. The largest absolute Gasteiger partial charge is 0.391 e. The zero-order valence-electron chi connectivity index (χ0n) is 11.0. The van der Waals surface area contributed by atoms with Crippen LogP contribution in [0.3, 0.4) is 0 Å². The fourth-order valence-electron chi connectivity index (χ4n) is 1.97. The van der Waals surface area contributed by atoms with Crippen LogP contribution in [0.15, 0.2) is 23.1 Å². The Hall–Kier alpha value is -1.13. The molecule has 0 saturated heterocycles. The van der Waals surface area contributed by atoms with E-state index >= 15 is 0 Å². The summed E-state index contributed by atoms with van der Waals surface area (Å²) in [5, 5.41) is 19.2. The van der Waals surface area contributed by atoms with Gasteiger partial charge in [0.15, 0.2) is 0 Å². The van der Waals surface area contributed by atoms with Gasteiger partial charge in [-0.2, -0.15) is 9.57 Å². The summed E-state index contributed by atoms with van der Waals surface area (Å²) in [6.07, 6.45) is 1.20. The average molecular weight is 315 g/mol. The van der Waals surface area contributed by atoms with Crippen LogP contribution in [0.2, 0.25) is 5.02 Å². The third-order valence-corrected chi connectivity index (χ3v) is 5.48. The van der Waals surface area contributed by atoms with E-state index < -0.39 is 16.1 Å². The summed E-state index contributed by atoms with van der Waals surface area (Å²) < 4.78 is 25.9. The highest BCUT2D eigenvalue weighted by Gasteiger charge is 2.33. The quantitative estimate of drug-likeness (QED) is 0.895. The number of sulfonamides is 1. The maximum Gasteiger partial charge on any atom is 0.244 e. The minimum absolute atomic E-state index is 0.00487. The molecule has 0 spiro atoms. The van der Waals surface area contributed by atoms with E-state index in [9.17, 15) is 13.5 Å². The van der Waals surface area contributed by atoms with Crippen molar-refractivity contribution in [1.82, 2.24) is 4.31 Å². The van der Waals surface area contributed by atoms with Crippen LogP contribution >= 0.6 is 11.6 Å². The van der Waals surface area contributed by atoms with Crippen molar-refractivity contribution >= 4 is 21.6 Å². The number of aliphatic hydroxyl groups is 1. The van der Waals surface area contributed by atoms with Crippen LogP contribution in [-0.4, -0.2) is 37.5 Å². The van der Waals surface area contributed by atoms with Crippen molar-refractivity contribution in [3.05, 3.63) is 28.8 Å². The van der Waals surface area contributed by atoms with Crippen molar-refractivity contribution in [3.8, 4) is 6.07 Å². The van der Waals surface area contributed by atoms with Gasteiger partial charge in [-0.3, -0.25) is 0 Å². The minimum Gasteiger partial charge on any atom is -0.391 e. The van der Waals surface area contributed by atoms with Crippen LogP contribution < -0.4 is 0 Å². The SMILES string of the molecule is CN(CC(O)C1CC1)S(=O)(=O)c1ccc(Cl)cc1C#N. The Morgan fingerprint density at radius 1 is 1.55 bits per heavy atom. The molecular formula is C13H15ClN2O3S. The molecule has 5 nitrogen and oxygen atoms in total. The van der Waals surface area contributed by atoms with Gasteiger partial charge >= 0.3 is 0 Å². The maximum atomic E-state index is 12.4. The Kier molecular flexibility index (Phi) is 4.35. The number of halogens is 1. The summed E-state index contributed by atoms with van der Waals surface area (Å²) in [6, 6.07) is 5.90. The molecule has 108 valence electrons. The van der Waals surface area contributed by atoms with E-state index in [2.05, 4.69) is 0 Å². The first kappa shape index (κ1) is 15.3. The van der Waals surface area contributed by atoms with E-state index in [4.69, 9.17) is 16.9 Å². The molecule has 1 aromatic rings. The van der Waals surface area contributed by atoms with Gasteiger partial charge < -0.3 is 5.11 Å². The molecule has 0 heterocycles. The molecule has 1 fully saturated rings. The molecule has 1 aliphatic carbocycles. The van der Waals surface area contributed by atoms with E-state index in [1.54, 1.807) is 0 Å². The van der Waals surface area contributed by atoms with Gasteiger partial charge in [-0.15, -0.1) is 0 Å². The first-order valence-corrected chi connectivity index (χ1v) is 8.02. The predicted molar refractivity (Wildman–Crippen MR) is 74.7 cm³/mol. The molecule has 1 saturated carbocycles. The van der Waals surface area contributed by atoms with E-state index in [0.717, 1.165) is 17.1 Å². The first-order chi connectivity index (χ1) is 9.36. The van der Waals surface area contributed by atoms with Crippen LogP contribution in [0.4, 0.5) is 0 Å². The number of hydrogen-bond donors (Lipinski definition) is 1. The summed E-state index contributed by atoms with van der Waals surface area (Å²) in [7, 11) is -2.41. The van der Waals surface area contributed by atoms with Gasteiger partial charge in [-0.1, -0.05) is 11.6 Å². The maximum absolute atomic E-state index is 12.4. The highest BCUT2D eigenvalue weighted by atomic mass is 35.5. The van der Waals surface area contributed by atoms with E-state index in [0.29, 0.717) is 5.02 Å². The molecule has 2 rings (SSSR count). The molecular weight excluding hydrogens is 300 g/mol. The van der Waals surface area contributed by atoms with E-state index in [1.807, 2.05) is 6.07 Å². The second kappa shape index (κ2) is 5.70. The smallest absolute Gasteiger partial charge is 0.244 e. The first-order valence-electron chi connectivity index (χ1n) is 6.20. The number of benzene rings is 1. The Balaban J connectivity index is 2.27. The molecule has 7 heteroatoms. The van der Waals surface area contributed by atoms with Crippen LogP contribution in [0.25, 0.3) is 0 Å². The van der Waals surface area contributed by atoms with Gasteiger partial charge in [0.2, 0.25) is 10.0 Å². The Bertz CT molecular complexity index is 650. The number of aliphatic hydroxyl groups excluding tert-OH is 1. The lowest BCUT2D eigenvalue weighted by Gasteiger charge is -2.21. The fraction of sp³-hybridized carbons (Fsp3) is 0.462. The number of nitriles is 1. The molecule has 1 atom stereocenters. The number of rotatable bonds is 5. The number of hydrogen-bond acceptors (Lipinski definition) is 4. The summed E-state index contributed by atoms with van der Waals surface area (Å²) in [6.45, 7) is 0.0283. The van der Waals surface area contributed by atoms with Crippen molar-refractivity contribution in [3.63, 3.8) is 0 Å². The van der Waals surface area contributed by atoms with Crippen molar-refractivity contribution in [2.75, 3.05) is 13.6 Å². The monoisotopic (exact) mass is 314 g/mol. The predicted octanol–water partition coefficient (Wildman–Crippen LogP) is 1.60. The zero-order valence-corrected chi connectivity index (χ0v) is 12.5. The highest BCUT2D eigenvalue weighted by Crippen LogP contribution is 2.33. The standard InChI is InChI=1S/C13H15ClN2O3S/c1-16(8-12(17)9-2-3-9)20(18,19)13-5-4-11(14)6-10(13)7-15/h4-6,9,12,17H,2-3,8H2,1H3. The average Bonchev–Trinajstić information content (AvgIpc) is 3.22. The molecule has 0 aromatic heterocycles. The number of likely N-dealkylation sites (N-methyl/N-ethyl adjacent to an activating group) is 1. The van der Waals surface area contributed by atoms with Crippen molar-refractivity contribution in [1.29, 1.82) is 5.26 Å². The molecule has 1 N–H and O–H groups in total. The van der Waals surface area contributed by atoms with Crippen LogP contribution in [0, 0.1) is 17.2 Å². The van der Waals surface area contributed by atoms with Gasteiger partial charge in [-0.05, 0) is 37.0 Å². The Morgan fingerprint density at radius 3 is 2.75 bits per heavy atom. The molecule has 0 radical (unpaired) electrons. The van der Waals surface area contributed by atoms with Gasteiger partial charge in [0, 0.05) is 18.6 Å². The highest BCUT2D eigenvalue weighted by molar-refractivity contribution is 7.89. The second-order valence-corrected chi connectivity index (χ2v) is 7.39. The summed E-state index contributed by atoms with van der Waals surface area (Å²) in [4.78, 5) is -0.0881. The Labute approximate surface area is 123 Å². The van der Waals surface area contributed by atoms with Crippen LogP contribution in [-0.2, 0) is 10.0 Å². The molecule has 0 bridgehead atoms. The molecule has 0 amide bonds. The van der Waals surface area contributed by atoms with Gasteiger partial charge in [0.1, 0.15) is 11.0 Å². The molecule has 1 aromatic carbocycles. The lowest BCUT2D eigenvalue weighted by Crippen LogP contribution is -2.35. The second-order valence-electron chi connectivity index (χ2n) is 4.94. The number of nitrogens with zero attached hydrogens (tertiary/aromatic N) is 2. The minimum atomic E-state index is -3.81. The summed E-state index contributed by atoms with van der Waals surface area (Å²) >= 11 is 5.76. The fourth-order valence-corrected chi connectivity index (χ4v) is 3.45. The van der Waals surface area contributed by atoms with E-state index in [-0.39, 0.29) is 22.9 Å². The Morgan fingerprint density at radius 2 is 2.20 bits per heavy atom. The van der Waals surface area contributed by atoms with Crippen LogP contribution in [0.1, 0.15) is 18.4 Å². The molecule has 0 aliphatic heterocycles. The van der Waals surface area contributed by atoms with Crippen molar-refractivity contribution < 1.29 is 13.5 Å². The topological polar surface area (TPSA) is 81.4 Å². The lowest BCUT2D eigenvalue weighted by atomic mass is 10.2. The van der Waals surface area contributed by atoms with Gasteiger partial charge in [-0.25, -0.2) is 8.42 Å². The molecule has 20 heavy (non-hydrogen) atoms. The molecule has 1 unspecified atom stereocenters. The third-order valence-electron chi connectivity index (χ3n) is 3.36. The van der Waals surface area contributed by atoms with Crippen molar-refractivity contribution in [2.24, 2.45) is 5.92 Å². The summed E-state index contributed by atoms with van der Waals surface area (Å²) in [5.41, 5.74) is 0.00487. The lowest BCUT2D eigenvalue weighted by molar-refractivity contribution is 0.131. The normalized spacial score (nSPS) is 16.9. The van der Waals surface area contributed by atoms with Gasteiger partial charge in [0.05, 0.1) is 11.7 Å². The van der Waals surface area contributed by atoms with Crippen molar-refractivity contribution in [2.45, 2.75) is 23.8 Å². The van der Waals surface area contributed by atoms with Gasteiger partial charge in [0.25, 0.3) is 0 Å².